The van der Waals surface area contributed by atoms with Crippen molar-refractivity contribution in [2.75, 3.05) is 0 Å². The van der Waals surface area contributed by atoms with Crippen molar-refractivity contribution in [3.8, 4) is 6.07 Å². The Morgan fingerprint density at radius 2 is 2.28 bits per heavy atom. The van der Waals surface area contributed by atoms with Crippen LogP contribution in [0.4, 0.5) is 0 Å². The molecule has 4 heteroatoms. The topological polar surface area (TPSA) is 52.9 Å². The number of nitrogens with one attached hydrogen (secondary N) is 1. The maximum absolute atomic E-state index is 12.0. The zero-order chi connectivity index (χ0) is 13.0. The molecular weight excluding hydrogens is 244 g/mol. The Labute approximate surface area is 111 Å². The molecule has 0 saturated heterocycles. The number of amides is 1. The molecule has 1 heterocycles. The molecule has 0 aromatic carbocycles. The molecule has 1 saturated carbocycles. The van der Waals surface area contributed by atoms with Gasteiger partial charge in [0.1, 0.15) is 11.6 Å². The van der Waals surface area contributed by atoms with Crippen molar-refractivity contribution in [2.24, 2.45) is 0 Å². The summed E-state index contributed by atoms with van der Waals surface area (Å²) < 4.78 is 0. The Morgan fingerprint density at radius 3 is 2.83 bits per heavy atom. The first-order chi connectivity index (χ1) is 8.70. The second-order valence-corrected chi connectivity index (χ2v) is 5.54. The van der Waals surface area contributed by atoms with Gasteiger partial charge in [-0.05, 0) is 42.9 Å². The van der Waals surface area contributed by atoms with E-state index in [1.807, 2.05) is 24.4 Å². The number of aryl methyl sites for hydroxylation is 1. The van der Waals surface area contributed by atoms with Crippen LogP contribution < -0.4 is 5.32 Å². The molecule has 1 aromatic rings. The van der Waals surface area contributed by atoms with Crippen LogP contribution in [0.15, 0.2) is 17.0 Å². The molecule has 18 heavy (non-hydrogen) atoms. The predicted octanol–water partition coefficient (Wildman–Crippen LogP) is 3.02. The average molecular weight is 260 g/mol. The van der Waals surface area contributed by atoms with Crippen molar-refractivity contribution in [3.05, 3.63) is 27.5 Å². The van der Waals surface area contributed by atoms with Gasteiger partial charge in [0.15, 0.2) is 0 Å². The van der Waals surface area contributed by atoms with Crippen molar-refractivity contribution >= 4 is 23.3 Å². The van der Waals surface area contributed by atoms with Crippen molar-refractivity contribution in [3.63, 3.8) is 0 Å². The van der Waals surface area contributed by atoms with E-state index in [1.54, 1.807) is 17.4 Å². The minimum Gasteiger partial charge on any atom is -0.349 e. The van der Waals surface area contributed by atoms with E-state index >= 15 is 0 Å². The molecule has 0 bridgehead atoms. The number of hydrogen-bond donors (Lipinski definition) is 1. The van der Waals surface area contributed by atoms with E-state index in [0.29, 0.717) is 0 Å². The highest BCUT2D eigenvalue weighted by Gasteiger charge is 2.19. The summed E-state index contributed by atoms with van der Waals surface area (Å²) in [6.45, 7) is 1.98. The summed E-state index contributed by atoms with van der Waals surface area (Å²) in [7, 11) is 0. The lowest BCUT2D eigenvalue weighted by atomic mass is 10.1. The SMILES string of the molecule is Cc1ccsc1C=C(C#N)C(=O)NC1CCCC1. The summed E-state index contributed by atoms with van der Waals surface area (Å²) in [5, 5.41) is 14.0. The molecule has 1 aliphatic carbocycles. The lowest BCUT2D eigenvalue weighted by Crippen LogP contribution is -2.33. The van der Waals surface area contributed by atoms with Gasteiger partial charge in [0.05, 0.1) is 0 Å². The van der Waals surface area contributed by atoms with E-state index in [1.165, 1.54) is 12.8 Å². The second kappa shape index (κ2) is 5.83. The van der Waals surface area contributed by atoms with Gasteiger partial charge in [-0.15, -0.1) is 11.3 Å². The van der Waals surface area contributed by atoms with E-state index < -0.39 is 0 Å². The summed E-state index contributed by atoms with van der Waals surface area (Å²) in [4.78, 5) is 13.0. The van der Waals surface area contributed by atoms with Crippen LogP contribution in [-0.2, 0) is 4.79 Å². The predicted molar refractivity (Wildman–Crippen MR) is 73.0 cm³/mol. The van der Waals surface area contributed by atoms with Gasteiger partial charge in [-0.25, -0.2) is 0 Å². The molecule has 1 aliphatic rings. The highest BCUT2D eigenvalue weighted by molar-refractivity contribution is 7.11. The Kier molecular flexibility index (Phi) is 4.16. The van der Waals surface area contributed by atoms with Gasteiger partial charge in [0.2, 0.25) is 0 Å². The molecule has 1 N–H and O–H groups in total. The van der Waals surface area contributed by atoms with Gasteiger partial charge in [-0.2, -0.15) is 5.26 Å². The maximum Gasteiger partial charge on any atom is 0.262 e. The van der Waals surface area contributed by atoms with Crippen LogP contribution in [0.1, 0.15) is 36.1 Å². The number of hydrogen-bond acceptors (Lipinski definition) is 3. The summed E-state index contributed by atoms with van der Waals surface area (Å²) in [5.41, 5.74) is 1.30. The van der Waals surface area contributed by atoms with Gasteiger partial charge >= 0.3 is 0 Å². The number of nitriles is 1. The normalized spacial score (nSPS) is 16.6. The largest absolute Gasteiger partial charge is 0.349 e. The first-order valence-corrected chi connectivity index (χ1v) is 7.05. The fraction of sp³-hybridized carbons (Fsp3) is 0.429. The zero-order valence-electron chi connectivity index (χ0n) is 10.4. The summed E-state index contributed by atoms with van der Waals surface area (Å²) in [6, 6.07) is 4.23. The molecule has 0 aliphatic heterocycles. The van der Waals surface area contributed by atoms with Crippen LogP contribution in [0.3, 0.4) is 0 Å². The minimum absolute atomic E-state index is 0.201. The third-order valence-electron chi connectivity index (χ3n) is 3.23. The number of carbonyl (C=O) groups excluding carboxylic acids is 1. The molecule has 0 unspecified atom stereocenters. The molecule has 1 fully saturated rings. The van der Waals surface area contributed by atoms with Crippen LogP contribution in [0.25, 0.3) is 6.08 Å². The monoisotopic (exact) mass is 260 g/mol. The molecule has 0 spiro atoms. The first kappa shape index (κ1) is 12.8. The third kappa shape index (κ3) is 2.99. The fourth-order valence-electron chi connectivity index (χ4n) is 2.15. The summed E-state index contributed by atoms with van der Waals surface area (Å²) >= 11 is 1.55. The first-order valence-electron chi connectivity index (χ1n) is 6.17. The average Bonchev–Trinajstić information content (AvgIpc) is 2.98. The van der Waals surface area contributed by atoms with Gasteiger partial charge in [-0.3, -0.25) is 4.79 Å². The molecule has 1 amide bonds. The Morgan fingerprint density at radius 1 is 1.56 bits per heavy atom. The number of carbonyl (C=O) groups is 1. The summed E-state index contributed by atoms with van der Waals surface area (Å²) in [6.07, 6.45) is 6.08. The number of nitrogens with zero attached hydrogens (tertiary/aromatic N) is 1. The summed E-state index contributed by atoms with van der Waals surface area (Å²) in [5.74, 6) is -0.239. The van der Waals surface area contributed by atoms with Crippen LogP contribution >= 0.6 is 11.3 Å². The van der Waals surface area contributed by atoms with E-state index in [0.717, 1.165) is 23.3 Å². The number of thiophene rings is 1. The smallest absolute Gasteiger partial charge is 0.262 e. The van der Waals surface area contributed by atoms with E-state index in [2.05, 4.69) is 5.32 Å². The van der Waals surface area contributed by atoms with Crippen LogP contribution in [0.2, 0.25) is 0 Å². The van der Waals surface area contributed by atoms with Gasteiger partial charge in [0, 0.05) is 10.9 Å². The maximum atomic E-state index is 12.0. The number of rotatable bonds is 3. The minimum atomic E-state index is -0.239. The molecule has 3 nitrogen and oxygen atoms in total. The van der Waals surface area contributed by atoms with Gasteiger partial charge in [-0.1, -0.05) is 12.8 Å². The lowest BCUT2D eigenvalue weighted by Gasteiger charge is -2.10. The standard InChI is InChI=1S/C14H16N2OS/c1-10-6-7-18-13(10)8-11(9-15)14(17)16-12-4-2-3-5-12/h6-8,12H,2-5H2,1H3,(H,16,17). The molecule has 1 aromatic heterocycles. The third-order valence-corrected chi connectivity index (χ3v) is 4.20. The lowest BCUT2D eigenvalue weighted by molar-refractivity contribution is -0.117. The molecular formula is C14H16N2OS. The highest BCUT2D eigenvalue weighted by atomic mass is 32.1. The van der Waals surface area contributed by atoms with Crippen LogP contribution in [0.5, 0.6) is 0 Å². The zero-order valence-corrected chi connectivity index (χ0v) is 11.2. The molecule has 0 atom stereocenters. The molecule has 94 valence electrons. The fourth-order valence-corrected chi connectivity index (χ4v) is 3.00. The van der Waals surface area contributed by atoms with Gasteiger partial charge in [0.25, 0.3) is 5.91 Å². The van der Waals surface area contributed by atoms with Crippen molar-refractivity contribution < 1.29 is 4.79 Å². The molecule has 2 rings (SSSR count). The molecule has 0 radical (unpaired) electrons. The highest BCUT2D eigenvalue weighted by Crippen LogP contribution is 2.20. The van der Waals surface area contributed by atoms with E-state index in [9.17, 15) is 4.79 Å². The quantitative estimate of drug-likeness (QED) is 0.671. The van der Waals surface area contributed by atoms with Crippen LogP contribution in [-0.4, -0.2) is 11.9 Å². The van der Waals surface area contributed by atoms with E-state index in [4.69, 9.17) is 5.26 Å². The van der Waals surface area contributed by atoms with Crippen molar-refractivity contribution in [1.29, 1.82) is 5.26 Å². The second-order valence-electron chi connectivity index (χ2n) is 4.59. The Bertz CT molecular complexity index is 504. The van der Waals surface area contributed by atoms with Crippen LogP contribution in [0, 0.1) is 18.3 Å². The van der Waals surface area contributed by atoms with Crippen molar-refractivity contribution in [1.82, 2.24) is 5.32 Å². The Balaban J connectivity index is 2.08. The Hall–Kier alpha value is -1.60. The van der Waals surface area contributed by atoms with Crippen molar-refractivity contribution in [2.45, 2.75) is 38.6 Å². The van der Waals surface area contributed by atoms with Gasteiger partial charge < -0.3 is 5.32 Å². The van der Waals surface area contributed by atoms with E-state index in [-0.39, 0.29) is 17.5 Å².